The topological polar surface area (TPSA) is 58.6 Å². The highest BCUT2D eigenvalue weighted by atomic mass is 79.9. The fraction of sp³-hybridized carbons (Fsp3) is 0.188. The first-order valence-electron chi connectivity index (χ1n) is 6.47. The number of aryl methyl sites for hydroxylation is 1. The quantitative estimate of drug-likeness (QED) is 0.870. The molecule has 0 aliphatic carbocycles. The van der Waals surface area contributed by atoms with Gasteiger partial charge in [0.15, 0.2) is 6.61 Å². The van der Waals surface area contributed by atoms with Gasteiger partial charge in [0.2, 0.25) is 0 Å². The largest absolute Gasteiger partial charge is 0.483 e. The van der Waals surface area contributed by atoms with Crippen molar-refractivity contribution in [1.29, 1.82) is 0 Å². The molecule has 0 fully saturated rings. The molecule has 1 amide bonds. The van der Waals surface area contributed by atoms with E-state index in [-0.39, 0.29) is 19.1 Å². The molecule has 0 aliphatic heterocycles. The Kier molecular flexibility index (Phi) is 5.36. The Morgan fingerprint density at radius 1 is 1.29 bits per heavy atom. The first-order chi connectivity index (χ1) is 10.1. The van der Waals surface area contributed by atoms with Crippen molar-refractivity contribution in [1.82, 2.24) is 0 Å². The van der Waals surface area contributed by atoms with Crippen molar-refractivity contribution >= 4 is 27.5 Å². The van der Waals surface area contributed by atoms with Crippen LogP contribution < -0.4 is 10.1 Å². The van der Waals surface area contributed by atoms with Crippen LogP contribution in [0.25, 0.3) is 0 Å². The molecule has 2 aromatic carbocycles. The van der Waals surface area contributed by atoms with E-state index >= 15 is 0 Å². The molecule has 2 N–H and O–H groups in total. The van der Waals surface area contributed by atoms with E-state index in [2.05, 4.69) is 21.2 Å². The molecule has 2 aromatic rings. The Labute approximate surface area is 131 Å². The van der Waals surface area contributed by atoms with E-state index in [0.29, 0.717) is 17.0 Å². The van der Waals surface area contributed by atoms with E-state index < -0.39 is 0 Å². The summed E-state index contributed by atoms with van der Waals surface area (Å²) in [7, 11) is 0. The number of halogens is 1. The lowest BCUT2D eigenvalue weighted by atomic mass is 10.1. The van der Waals surface area contributed by atoms with E-state index in [0.717, 1.165) is 10.0 Å². The average Bonchev–Trinajstić information content (AvgIpc) is 2.45. The normalized spacial score (nSPS) is 10.2. The summed E-state index contributed by atoms with van der Waals surface area (Å²) in [6.07, 6.45) is 0. The second kappa shape index (κ2) is 7.24. The number of hydrogen-bond acceptors (Lipinski definition) is 3. The van der Waals surface area contributed by atoms with Crippen LogP contribution in [0.2, 0.25) is 0 Å². The van der Waals surface area contributed by atoms with Gasteiger partial charge in [0.1, 0.15) is 5.75 Å². The number of benzene rings is 2. The Morgan fingerprint density at radius 2 is 2.05 bits per heavy atom. The molecular formula is C16H16BrNO3. The molecule has 110 valence electrons. The van der Waals surface area contributed by atoms with Gasteiger partial charge in [-0.3, -0.25) is 4.79 Å². The molecule has 0 aromatic heterocycles. The third-order valence-corrected chi connectivity index (χ3v) is 3.41. The summed E-state index contributed by atoms with van der Waals surface area (Å²) in [5.74, 6) is 0.310. The van der Waals surface area contributed by atoms with Crippen molar-refractivity contribution in [2.45, 2.75) is 13.5 Å². The molecule has 0 unspecified atom stereocenters. The second-order valence-electron chi connectivity index (χ2n) is 4.57. The lowest BCUT2D eigenvalue weighted by Gasteiger charge is -2.13. The highest BCUT2D eigenvalue weighted by Crippen LogP contribution is 2.23. The Morgan fingerprint density at radius 3 is 2.76 bits per heavy atom. The van der Waals surface area contributed by atoms with Crippen LogP contribution in [0, 0.1) is 6.92 Å². The third kappa shape index (κ3) is 4.31. The number of anilines is 1. The SMILES string of the molecule is Cc1cccc(CO)c1OCC(=O)Nc1cccc(Br)c1. The van der Waals surface area contributed by atoms with Crippen LogP contribution >= 0.6 is 15.9 Å². The van der Waals surface area contributed by atoms with Gasteiger partial charge in [-0.25, -0.2) is 0 Å². The second-order valence-corrected chi connectivity index (χ2v) is 5.48. The lowest BCUT2D eigenvalue weighted by molar-refractivity contribution is -0.118. The highest BCUT2D eigenvalue weighted by molar-refractivity contribution is 9.10. The van der Waals surface area contributed by atoms with Crippen molar-refractivity contribution in [3.63, 3.8) is 0 Å². The van der Waals surface area contributed by atoms with E-state index in [1.165, 1.54) is 0 Å². The number of rotatable bonds is 5. The Hall–Kier alpha value is -1.85. The molecular weight excluding hydrogens is 334 g/mol. The number of hydrogen-bond donors (Lipinski definition) is 2. The van der Waals surface area contributed by atoms with E-state index in [9.17, 15) is 9.90 Å². The summed E-state index contributed by atoms with van der Waals surface area (Å²) in [6.45, 7) is 1.65. The van der Waals surface area contributed by atoms with Gasteiger partial charge in [0.05, 0.1) is 6.61 Å². The number of nitrogens with one attached hydrogen (secondary N) is 1. The van der Waals surface area contributed by atoms with Crippen LogP contribution in [0.3, 0.4) is 0 Å². The van der Waals surface area contributed by atoms with Crippen LogP contribution in [0.1, 0.15) is 11.1 Å². The van der Waals surface area contributed by atoms with Crippen molar-refractivity contribution in [3.05, 3.63) is 58.1 Å². The van der Waals surface area contributed by atoms with E-state index in [1.807, 2.05) is 37.3 Å². The van der Waals surface area contributed by atoms with Crippen molar-refractivity contribution in [3.8, 4) is 5.75 Å². The predicted octanol–water partition coefficient (Wildman–Crippen LogP) is 3.27. The van der Waals surface area contributed by atoms with Gasteiger partial charge in [-0.2, -0.15) is 0 Å². The number of aliphatic hydroxyl groups is 1. The van der Waals surface area contributed by atoms with E-state index in [1.54, 1.807) is 12.1 Å². The number of ether oxygens (including phenoxy) is 1. The zero-order valence-electron chi connectivity index (χ0n) is 11.6. The van der Waals surface area contributed by atoms with Gasteiger partial charge < -0.3 is 15.2 Å². The first kappa shape index (κ1) is 15.5. The molecule has 0 aliphatic rings. The van der Waals surface area contributed by atoms with Crippen LogP contribution in [0.4, 0.5) is 5.69 Å². The molecule has 2 rings (SSSR count). The fourth-order valence-corrected chi connectivity index (χ4v) is 2.34. The fourth-order valence-electron chi connectivity index (χ4n) is 1.95. The minimum atomic E-state index is -0.250. The van der Waals surface area contributed by atoms with Crippen LogP contribution in [-0.2, 0) is 11.4 Å². The van der Waals surface area contributed by atoms with Crippen LogP contribution in [0.5, 0.6) is 5.75 Å². The molecule has 21 heavy (non-hydrogen) atoms. The molecule has 0 bridgehead atoms. The summed E-state index contributed by atoms with van der Waals surface area (Å²) in [5, 5.41) is 12.0. The number of carbonyl (C=O) groups is 1. The minimum Gasteiger partial charge on any atom is -0.483 e. The molecule has 4 nitrogen and oxygen atoms in total. The van der Waals surface area contributed by atoms with Gasteiger partial charge in [0.25, 0.3) is 5.91 Å². The molecule has 0 radical (unpaired) electrons. The van der Waals surface area contributed by atoms with Gasteiger partial charge >= 0.3 is 0 Å². The van der Waals surface area contributed by atoms with Crippen LogP contribution in [-0.4, -0.2) is 17.6 Å². The Balaban J connectivity index is 1.99. The molecule has 0 saturated heterocycles. The minimum absolute atomic E-state index is 0.107. The molecule has 0 atom stereocenters. The highest BCUT2D eigenvalue weighted by Gasteiger charge is 2.09. The first-order valence-corrected chi connectivity index (χ1v) is 7.27. The third-order valence-electron chi connectivity index (χ3n) is 2.92. The number of carbonyl (C=O) groups excluding carboxylic acids is 1. The molecule has 5 heteroatoms. The van der Waals surface area contributed by atoms with Crippen molar-refractivity contribution in [2.24, 2.45) is 0 Å². The summed E-state index contributed by atoms with van der Waals surface area (Å²) in [5.41, 5.74) is 2.26. The lowest BCUT2D eigenvalue weighted by Crippen LogP contribution is -2.20. The average molecular weight is 350 g/mol. The Bertz CT molecular complexity index is 643. The van der Waals surface area contributed by atoms with Gasteiger partial charge in [-0.15, -0.1) is 0 Å². The maximum absolute atomic E-state index is 11.9. The van der Waals surface area contributed by atoms with Crippen molar-refractivity contribution < 1.29 is 14.6 Å². The summed E-state index contributed by atoms with van der Waals surface area (Å²) >= 11 is 3.35. The standard InChI is InChI=1S/C16H16BrNO3/c1-11-4-2-5-12(9-19)16(11)21-10-15(20)18-14-7-3-6-13(17)8-14/h2-8,19H,9-10H2,1H3,(H,18,20). The van der Waals surface area contributed by atoms with Gasteiger partial charge in [-0.05, 0) is 30.7 Å². The molecule has 0 spiro atoms. The predicted molar refractivity (Wildman–Crippen MR) is 85.4 cm³/mol. The maximum atomic E-state index is 11.9. The summed E-state index contributed by atoms with van der Waals surface area (Å²) in [6, 6.07) is 12.8. The summed E-state index contributed by atoms with van der Waals surface area (Å²) < 4.78 is 6.43. The monoisotopic (exact) mass is 349 g/mol. The zero-order valence-corrected chi connectivity index (χ0v) is 13.2. The molecule has 0 saturated carbocycles. The summed E-state index contributed by atoms with van der Waals surface area (Å²) in [4.78, 5) is 11.9. The maximum Gasteiger partial charge on any atom is 0.262 e. The van der Waals surface area contributed by atoms with Crippen LogP contribution in [0.15, 0.2) is 46.9 Å². The number of para-hydroxylation sites is 1. The smallest absolute Gasteiger partial charge is 0.262 e. The number of amides is 1. The van der Waals surface area contributed by atoms with E-state index in [4.69, 9.17) is 4.74 Å². The van der Waals surface area contributed by atoms with Gasteiger partial charge in [-0.1, -0.05) is 40.2 Å². The number of aliphatic hydroxyl groups excluding tert-OH is 1. The van der Waals surface area contributed by atoms with Gasteiger partial charge in [0, 0.05) is 15.7 Å². The molecule has 0 heterocycles. The zero-order chi connectivity index (χ0) is 15.2. The van der Waals surface area contributed by atoms with Crippen molar-refractivity contribution in [2.75, 3.05) is 11.9 Å².